The van der Waals surface area contributed by atoms with E-state index in [1.165, 1.54) is 25.3 Å². The van der Waals surface area contributed by atoms with Crippen LogP contribution in [0.5, 0.6) is 5.75 Å². The summed E-state index contributed by atoms with van der Waals surface area (Å²) < 4.78 is 18.3. The highest BCUT2D eigenvalue weighted by Crippen LogP contribution is 2.18. The summed E-state index contributed by atoms with van der Waals surface area (Å²) in [5, 5.41) is 8.81. The molecule has 0 aliphatic rings. The zero-order valence-corrected chi connectivity index (χ0v) is 10.6. The van der Waals surface area contributed by atoms with Gasteiger partial charge in [0.2, 0.25) is 0 Å². The van der Waals surface area contributed by atoms with Gasteiger partial charge in [0, 0.05) is 0 Å². The molecule has 2 aromatic rings. The Morgan fingerprint density at radius 1 is 1.30 bits per heavy atom. The van der Waals surface area contributed by atoms with Crippen LogP contribution in [0, 0.1) is 5.82 Å². The van der Waals surface area contributed by atoms with Crippen molar-refractivity contribution in [3.8, 4) is 5.75 Å². The minimum atomic E-state index is -1.13. The van der Waals surface area contributed by atoms with Crippen LogP contribution in [0.15, 0.2) is 30.6 Å². The van der Waals surface area contributed by atoms with Gasteiger partial charge in [0.25, 0.3) is 0 Å². The number of hydrogen-bond acceptors (Lipinski definition) is 4. The van der Waals surface area contributed by atoms with Crippen LogP contribution in [-0.2, 0) is 0 Å². The number of carboxylic acids is 1. The Balaban J connectivity index is 2.23. The summed E-state index contributed by atoms with van der Waals surface area (Å²) in [4.78, 5) is 18.3. The summed E-state index contributed by atoms with van der Waals surface area (Å²) in [6.45, 7) is 0. The fourth-order valence-corrected chi connectivity index (χ4v) is 1.55. The zero-order valence-electron chi connectivity index (χ0n) is 10.6. The average Bonchev–Trinajstić information content (AvgIpc) is 2.45. The molecule has 0 aliphatic carbocycles. The highest BCUT2D eigenvalue weighted by atomic mass is 19.1. The van der Waals surface area contributed by atoms with Crippen molar-refractivity contribution in [1.82, 2.24) is 9.97 Å². The van der Waals surface area contributed by atoms with Gasteiger partial charge in [-0.2, -0.15) is 0 Å². The van der Waals surface area contributed by atoms with Gasteiger partial charge in [-0.1, -0.05) is 12.1 Å². The van der Waals surface area contributed by atoms with E-state index in [1.807, 2.05) is 0 Å². The second kappa shape index (κ2) is 5.92. The molecule has 1 heterocycles. The smallest absolute Gasteiger partial charge is 0.354 e. The van der Waals surface area contributed by atoms with Crippen LogP contribution < -0.4 is 4.74 Å². The quantitative estimate of drug-likeness (QED) is 0.927. The van der Waals surface area contributed by atoms with E-state index in [0.29, 0.717) is 11.3 Å². The van der Waals surface area contributed by atoms with Crippen molar-refractivity contribution < 1.29 is 19.0 Å². The molecule has 6 heteroatoms. The summed E-state index contributed by atoms with van der Waals surface area (Å²) in [6.07, 6.45) is 4.36. The van der Waals surface area contributed by atoms with Crippen LogP contribution in [0.4, 0.5) is 4.39 Å². The summed E-state index contributed by atoms with van der Waals surface area (Å²) >= 11 is 0. The Morgan fingerprint density at radius 3 is 2.75 bits per heavy atom. The molecule has 0 radical (unpaired) electrons. The molecule has 102 valence electrons. The summed E-state index contributed by atoms with van der Waals surface area (Å²) in [5.74, 6) is -1.43. The van der Waals surface area contributed by atoms with E-state index in [4.69, 9.17) is 9.84 Å². The van der Waals surface area contributed by atoms with Crippen LogP contribution in [0.25, 0.3) is 12.2 Å². The lowest BCUT2D eigenvalue weighted by Crippen LogP contribution is -2.00. The van der Waals surface area contributed by atoms with E-state index in [1.54, 1.807) is 18.2 Å². The standard InChI is InChI=1S/C14H11FN2O3/c1-20-13-5-3-9(6-11(13)15)2-4-10-7-12(14(18)19)17-8-16-10/h2-8H,1H3,(H,18,19)/b4-2+. The Kier molecular flexibility index (Phi) is 4.05. The lowest BCUT2D eigenvalue weighted by atomic mass is 10.2. The molecule has 0 unspecified atom stereocenters. The molecule has 0 saturated carbocycles. The SMILES string of the molecule is COc1ccc(/C=C/c2cc(C(=O)O)ncn2)cc1F. The van der Waals surface area contributed by atoms with Crippen molar-refractivity contribution in [2.75, 3.05) is 7.11 Å². The topological polar surface area (TPSA) is 72.3 Å². The van der Waals surface area contributed by atoms with Crippen LogP contribution in [0.1, 0.15) is 21.7 Å². The first-order chi connectivity index (χ1) is 9.60. The number of nitrogens with zero attached hydrogens (tertiary/aromatic N) is 2. The molecule has 2 rings (SSSR count). The maximum absolute atomic E-state index is 13.5. The van der Waals surface area contributed by atoms with Crippen molar-refractivity contribution in [2.45, 2.75) is 0 Å². The summed E-state index contributed by atoms with van der Waals surface area (Å²) in [6, 6.07) is 5.84. The van der Waals surface area contributed by atoms with Gasteiger partial charge in [0.1, 0.15) is 6.33 Å². The Morgan fingerprint density at radius 2 is 2.10 bits per heavy atom. The van der Waals surface area contributed by atoms with Gasteiger partial charge in [0.15, 0.2) is 17.3 Å². The van der Waals surface area contributed by atoms with Crippen LogP contribution in [-0.4, -0.2) is 28.2 Å². The molecule has 5 nitrogen and oxygen atoms in total. The number of ether oxygens (including phenoxy) is 1. The molecule has 0 bridgehead atoms. The zero-order chi connectivity index (χ0) is 14.5. The highest BCUT2D eigenvalue weighted by molar-refractivity contribution is 5.86. The van der Waals surface area contributed by atoms with E-state index in [-0.39, 0.29) is 11.4 Å². The Labute approximate surface area is 114 Å². The molecule has 0 saturated heterocycles. The van der Waals surface area contributed by atoms with Crippen molar-refractivity contribution in [2.24, 2.45) is 0 Å². The van der Waals surface area contributed by atoms with Gasteiger partial charge in [-0.15, -0.1) is 0 Å². The molecular formula is C14H11FN2O3. The third kappa shape index (κ3) is 3.17. The Bertz CT molecular complexity index is 671. The first-order valence-electron chi connectivity index (χ1n) is 5.67. The molecule has 1 aromatic carbocycles. The lowest BCUT2D eigenvalue weighted by Gasteiger charge is -2.01. The molecule has 20 heavy (non-hydrogen) atoms. The predicted molar refractivity (Wildman–Crippen MR) is 70.9 cm³/mol. The van der Waals surface area contributed by atoms with Crippen LogP contribution in [0.3, 0.4) is 0 Å². The number of methoxy groups -OCH3 is 1. The van der Waals surface area contributed by atoms with Gasteiger partial charge in [-0.25, -0.2) is 19.2 Å². The first kappa shape index (κ1) is 13.7. The normalized spacial score (nSPS) is 10.7. The van der Waals surface area contributed by atoms with E-state index in [0.717, 1.165) is 6.33 Å². The van der Waals surface area contributed by atoms with Crippen LogP contribution >= 0.6 is 0 Å². The third-order valence-corrected chi connectivity index (χ3v) is 2.53. The first-order valence-corrected chi connectivity index (χ1v) is 5.67. The third-order valence-electron chi connectivity index (χ3n) is 2.53. The van der Waals surface area contributed by atoms with Crippen LogP contribution in [0.2, 0.25) is 0 Å². The average molecular weight is 274 g/mol. The Hall–Kier alpha value is -2.76. The maximum atomic E-state index is 13.5. The molecule has 0 spiro atoms. The van der Waals surface area contributed by atoms with Gasteiger partial charge < -0.3 is 9.84 Å². The van der Waals surface area contributed by atoms with E-state index < -0.39 is 11.8 Å². The molecule has 0 atom stereocenters. The van der Waals surface area contributed by atoms with Gasteiger partial charge in [0.05, 0.1) is 12.8 Å². The van der Waals surface area contributed by atoms with Crippen molar-refractivity contribution >= 4 is 18.1 Å². The minimum Gasteiger partial charge on any atom is -0.494 e. The second-order valence-electron chi connectivity index (χ2n) is 3.86. The summed E-state index contributed by atoms with van der Waals surface area (Å²) in [7, 11) is 1.39. The fourth-order valence-electron chi connectivity index (χ4n) is 1.55. The molecule has 0 fully saturated rings. The molecule has 0 amide bonds. The molecule has 1 aromatic heterocycles. The van der Waals surface area contributed by atoms with E-state index in [9.17, 15) is 9.18 Å². The lowest BCUT2D eigenvalue weighted by molar-refractivity contribution is 0.0690. The fraction of sp³-hybridized carbons (Fsp3) is 0.0714. The van der Waals surface area contributed by atoms with Crippen molar-refractivity contribution in [3.63, 3.8) is 0 Å². The number of carbonyl (C=O) groups is 1. The van der Waals surface area contributed by atoms with E-state index in [2.05, 4.69) is 9.97 Å². The second-order valence-corrected chi connectivity index (χ2v) is 3.86. The number of halogens is 1. The predicted octanol–water partition coefficient (Wildman–Crippen LogP) is 2.49. The molecular weight excluding hydrogens is 263 g/mol. The van der Waals surface area contributed by atoms with Gasteiger partial charge in [-0.05, 0) is 29.8 Å². The molecule has 0 aliphatic heterocycles. The number of rotatable bonds is 4. The number of hydrogen-bond donors (Lipinski definition) is 1. The number of aromatic carboxylic acids is 1. The molecule has 1 N–H and O–H groups in total. The van der Waals surface area contributed by atoms with Gasteiger partial charge in [-0.3, -0.25) is 0 Å². The van der Waals surface area contributed by atoms with E-state index >= 15 is 0 Å². The maximum Gasteiger partial charge on any atom is 0.354 e. The number of carboxylic acid groups (broad SMARTS) is 1. The number of aromatic nitrogens is 2. The summed E-state index contributed by atoms with van der Waals surface area (Å²) in [5.41, 5.74) is 0.938. The number of benzene rings is 1. The van der Waals surface area contributed by atoms with Crippen molar-refractivity contribution in [1.29, 1.82) is 0 Å². The van der Waals surface area contributed by atoms with Gasteiger partial charge >= 0.3 is 5.97 Å². The largest absolute Gasteiger partial charge is 0.494 e. The minimum absolute atomic E-state index is 0.0967. The van der Waals surface area contributed by atoms with Crippen molar-refractivity contribution in [3.05, 3.63) is 53.4 Å². The monoisotopic (exact) mass is 274 g/mol. The highest BCUT2D eigenvalue weighted by Gasteiger charge is 2.04.